The molecule has 1 aromatic carbocycles. The van der Waals surface area contributed by atoms with Crippen LogP contribution in [0.25, 0.3) is 0 Å². The van der Waals surface area contributed by atoms with Gasteiger partial charge in [-0.2, -0.15) is 0 Å². The minimum absolute atomic E-state index is 0.145. The van der Waals surface area contributed by atoms with E-state index in [2.05, 4.69) is 29.3 Å². The van der Waals surface area contributed by atoms with E-state index in [1.54, 1.807) is 0 Å². The molecule has 0 spiro atoms. The van der Waals surface area contributed by atoms with Crippen molar-refractivity contribution < 1.29 is 9.53 Å². The van der Waals surface area contributed by atoms with Crippen LogP contribution in [0.5, 0.6) is 0 Å². The Morgan fingerprint density at radius 2 is 1.95 bits per heavy atom. The summed E-state index contributed by atoms with van der Waals surface area (Å²) in [4.78, 5) is 16.8. The Hall–Kier alpha value is -1.43. The third-order valence-electron chi connectivity index (χ3n) is 4.37. The van der Waals surface area contributed by atoms with E-state index in [4.69, 9.17) is 4.74 Å². The molecule has 1 aromatic rings. The maximum atomic E-state index is 12.5. The van der Waals surface area contributed by atoms with Gasteiger partial charge in [-0.25, -0.2) is 0 Å². The fourth-order valence-electron chi connectivity index (χ4n) is 3.07. The molecule has 1 amide bonds. The van der Waals surface area contributed by atoms with Crippen LogP contribution in [0.15, 0.2) is 24.3 Å². The molecular formula is C17H25N3O2. The van der Waals surface area contributed by atoms with Gasteiger partial charge < -0.3 is 15.0 Å². The first-order chi connectivity index (χ1) is 10.7. The maximum absolute atomic E-state index is 12.5. The second-order valence-electron chi connectivity index (χ2n) is 6.19. The molecule has 2 aliphatic heterocycles. The molecule has 0 saturated carbocycles. The van der Waals surface area contributed by atoms with Crippen LogP contribution in [0.2, 0.25) is 0 Å². The SMILES string of the molecule is C[C@H]1CN(C(=O)c2ccc(CN3CCOCC3)cc2)CCN1. The number of amides is 1. The van der Waals surface area contributed by atoms with Gasteiger partial charge in [0.05, 0.1) is 13.2 Å². The Morgan fingerprint density at radius 3 is 2.64 bits per heavy atom. The van der Waals surface area contributed by atoms with Gasteiger partial charge in [0.2, 0.25) is 0 Å². The molecule has 22 heavy (non-hydrogen) atoms. The third-order valence-corrected chi connectivity index (χ3v) is 4.37. The molecule has 5 nitrogen and oxygen atoms in total. The van der Waals surface area contributed by atoms with Crippen molar-refractivity contribution in [2.45, 2.75) is 19.5 Å². The van der Waals surface area contributed by atoms with Gasteiger partial charge in [-0.15, -0.1) is 0 Å². The van der Waals surface area contributed by atoms with Crippen LogP contribution >= 0.6 is 0 Å². The van der Waals surface area contributed by atoms with Gasteiger partial charge in [-0.05, 0) is 24.6 Å². The number of carbonyl (C=O) groups is 1. The molecule has 2 aliphatic rings. The normalized spacial score (nSPS) is 23.5. The Kier molecular flexibility index (Phi) is 5.08. The Labute approximate surface area is 132 Å². The zero-order valence-corrected chi connectivity index (χ0v) is 13.3. The van der Waals surface area contributed by atoms with E-state index in [1.807, 2.05) is 17.0 Å². The summed E-state index contributed by atoms with van der Waals surface area (Å²) in [5, 5.41) is 3.36. The average molecular weight is 303 g/mol. The summed E-state index contributed by atoms with van der Waals surface area (Å²) < 4.78 is 5.37. The van der Waals surface area contributed by atoms with Crippen LogP contribution in [0.4, 0.5) is 0 Å². The number of hydrogen-bond donors (Lipinski definition) is 1. The zero-order valence-electron chi connectivity index (χ0n) is 13.3. The van der Waals surface area contributed by atoms with Gasteiger partial charge in [0.1, 0.15) is 0 Å². The van der Waals surface area contributed by atoms with Crippen molar-refractivity contribution in [1.29, 1.82) is 0 Å². The predicted octanol–water partition coefficient (Wildman–Crippen LogP) is 0.953. The molecule has 3 rings (SSSR count). The zero-order chi connectivity index (χ0) is 15.4. The smallest absolute Gasteiger partial charge is 0.253 e. The topological polar surface area (TPSA) is 44.8 Å². The van der Waals surface area contributed by atoms with Gasteiger partial charge in [-0.1, -0.05) is 12.1 Å². The standard InChI is InChI=1S/C17H25N3O2/c1-14-12-20(7-6-18-14)17(21)16-4-2-15(3-5-16)13-19-8-10-22-11-9-19/h2-5,14,18H,6-13H2,1H3/t14-/m0/s1. The molecule has 0 bridgehead atoms. The number of morpholine rings is 1. The number of hydrogen-bond acceptors (Lipinski definition) is 4. The Bertz CT molecular complexity index is 497. The van der Waals surface area contributed by atoms with Gasteiger partial charge in [0.15, 0.2) is 0 Å². The fourth-order valence-corrected chi connectivity index (χ4v) is 3.07. The number of nitrogens with one attached hydrogen (secondary N) is 1. The van der Waals surface area contributed by atoms with E-state index in [9.17, 15) is 4.79 Å². The number of carbonyl (C=O) groups excluding carboxylic acids is 1. The van der Waals surface area contributed by atoms with Gasteiger partial charge in [0, 0.05) is 50.9 Å². The highest BCUT2D eigenvalue weighted by atomic mass is 16.5. The summed E-state index contributed by atoms with van der Waals surface area (Å²) in [6, 6.07) is 8.46. The second kappa shape index (κ2) is 7.22. The van der Waals surface area contributed by atoms with Crippen molar-refractivity contribution in [3.63, 3.8) is 0 Å². The van der Waals surface area contributed by atoms with E-state index >= 15 is 0 Å². The lowest BCUT2D eigenvalue weighted by molar-refractivity contribution is 0.0342. The quantitative estimate of drug-likeness (QED) is 0.903. The highest BCUT2D eigenvalue weighted by Gasteiger charge is 2.21. The number of nitrogens with zero attached hydrogens (tertiary/aromatic N) is 2. The number of piperazine rings is 1. The number of ether oxygens (including phenoxy) is 1. The van der Waals surface area contributed by atoms with Crippen molar-refractivity contribution in [2.75, 3.05) is 45.9 Å². The van der Waals surface area contributed by atoms with Crippen molar-refractivity contribution in [3.8, 4) is 0 Å². The molecule has 0 aliphatic carbocycles. The molecule has 2 saturated heterocycles. The van der Waals surface area contributed by atoms with Crippen molar-refractivity contribution in [3.05, 3.63) is 35.4 Å². The van der Waals surface area contributed by atoms with E-state index < -0.39 is 0 Å². The lowest BCUT2D eigenvalue weighted by Gasteiger charge is -2.32. The van der Waals surface area contributed by atoms with Crippen molar-refractivity contribution in [1.82, 2.24) is 15.1 Å². The van der Waals surface area contributed by atoms with Crippen LogP contribution in [0.1, 0.15) is 22.8 Å². The summed E-state index contributed by atoms with van der Waals surface area (Å²) in [6.07, 6.45) is 0. The lowest BCUT2D eigenvalue weighted by Crippen LogP contribution is -2.51. The molecular weight excluding hydrogens is 278 g/mol. The van der Waals surface area contributed by atoms with Crippen molar-refractivity contribution in [2.24, 2.45) is 0 Å². The molecule has 0 unspecified atom stereocenters. The summed E-state index contributed by atoms with van der Waals surface area (Å²) >= 11 is 0. The van der Waals surface area contributed by atoms with Crippen LogP contribution in [0, 0.1) is 0 Å². The van der Waals surface area contributed by atoms with E-state index in [-0.39, 0.29) is 5.91 Å². The minimum atomic E-state index is 0.145. The molecule has 1 atom stereocenters. The van der Waals surface area contributed by atoms with Crippen LogP contribution in [-0.4, -0.2) is 67.7 Å². The van der Waals surface area contributed by atoms with Crippen molar-refractivity contribution >= 4 is 5.91 Å². The molecule has 2 fully saturated rings. The molecule has 2 heterocycles. The first-order valence-electron chi connectivity index (χ1n) is 8.14. The maximum Gasteiger partial charge on any atom is 0.253 e. The van der Waals surface area contributed by atoms with E-state index in [0.717, 1.165) is 58.0 Å². The first-order valence-corrected chi connectivity index (χ1v) is 8.14. The number of benzene rings is 1. The number of rotatable bonds is 3. The minimum Gasteiger partial charge on any atom is -0.379 e. The third kappa shape index (κ3) is 3.85. The largest absolute Gasteiger partial charge is 0.379 e. The molecule has 0 aromatic heterocycles. The van der Waals surface area contributed by atoms with E-state index in [1.165, 1.54) is 5.56 Å². The summed E-state index contributed by atoms with van der Waals surface area (Å²) in [6.45, 7) is 9.11. The Morgan fingerprint density at radius 1 is 1.23 bits per heavy atom. The predicted molar refractivity (Wildman–Crippen MR) is 85.9 cm³/mol. The summed E-state index contributed by atoms with van der Waals surface area (Å²) in [5.74, 6) is 0.145. The van der Waals surface area contributed by atoms with Gasteiger partial charge >= 0.3 is 0 Å². The lowest BCUT2D eigenvalue weighted by atomic mass is 10.1. The summed E-state index contributed by atoms with van der Waals surface area (Å²) in [5.41, 5.74) is 2.05. The van der Waals surface area contributed by atoms with Gasteiger partial charge in [-0.3, -0.25) is 9.69 Å². The highest BCUT2D eigenvalue weighted by Crippen LogP contribution is 2.12. The van der Waals surface area contributed by atoms with Crippen LogP contribution in [0.3, 0.4) is 0 Å². The average Bonchev–Trinajstić information content (AvgIpc) is 2.56. The fraction of sp³-hybridized carbons (Fsp3) is 0.588. The van der Waals surface area contributed by atoms with Gasteiger partial charge in [0.25, 0.3) is 5.91 Å². The van der Waals surface area contributed by atoms with Crippen LogP contribution in [-0.2, 0) is 11.3 Å². The molecule has 120 valence electrons. The second-order valence-corrected chi connectivity index (χ2v) is 6.19. The molecule has 1 N–H and O–H groups in total. The first kappa shape index (κ1) is 15.5. The summed E-state index contributed by atoms with van der Waals surface area (Å²) in [7, 11) is 0. The Balaban J connectivity index is 1.59. The van der Waals surface area contributed by atoms with Crippen LogP contribution < -0.4 is 5.32 Å². The molecule has 5 heteroatoms. The molecule has 0 radical (unpaired) electrons. The van der Waals surface area contributed by atoms with E-state index in [0.29, 0.717) is 6.04 Å². The monoisotopic (exact) mass is 303 g/mol. The highest BCUT2D eigenvalue weighted by molar-refractivity contribution is 5.94.